The molecule has 2 fully saturated rings. The highest BCUT2D eigenvalue weighted by molar-refractivity contribution is 14.1. The van der Waals surface area contributed by atoms with Crippen LogP contribution in [0.25, 0.3) is 11.0 Å². The number of hydrogen-bond acceptors (Lipinski definition) is 5. The summed E-state index contributed by atoms with van der Waals surface area (Å²) in [6.07, 6.45) is 7.34. The Morgan fingerprint density at radius 2 is 2.06 bits per heavy atom. The number of benzene rings is 1. The molecule has 6 nitrogen and oxygen atoms in total. The molecule has 0 bridgehead atoms. The van der Waals surface area contributed by atoms with Crippen LogP contribution in [-0.4, -0.2) is 50.5 Å². The summed E-state index contributed by atoms with van der Waals surface area (Å²) in [6.45, 7) is 2.27. The smallest absolute Gasteiger partial charge is 0.256 e. The zero-order valence-electron chi connectivity index (χ0n) is 17.6. The number of halogens is 3. The second-order valence-corrected chi connectivity index (χ2v) is 10.1. The van der Waals surface area contributed by atoms with Crippen LogP contribution < -0.4 is 0 Å². The van der Waals surface area contributed by atoms with Crippen LogP contribution in [0.4, 0.5) is 4.39 Å². The average molecular weight is 574 g/mol. The van der Waals surface area contributed by atoms with Gasteiger partial charge >= 0.3 is 0 Å². The van der Waals surface area contributed by atoms with Gasteiger partial charge in [-0.3, -0.25) is 19.4 Å². The van der Waals surface area contributed by atoms with E-state index >= 15 is 0 Å². The molecule has 0 saturated carbocycles. The van der Waals surface area contributed by atoms with Gasteiger partial charge < -0.3 is 4.52 Å². The number of carbonyl (C=O) groups excluding carboxylic acids is 2. The number of aromatic nitrogens is 1. The van der Waals surface area contributed by atoms with Crippen molar-refractivity contribution in [3.05, 3.63) is 41.4 Å². The van der Waals surface area contributed by atoms with Crippen LogP contribution in [0.5, 0.6) is 0 Å². The third-order valence-corrected chi connectivity index (χ3v) is 8.10. The molecule has 0 N–H and O–H groups in total. The van der Waals surface area contributed by atoms with Gasteiger partial charge in [0.05, 0.1) is 15.7 Å². The van der Waals surface area contributed by atoms with Crippen molar-refractivity contribution in [2.24, 2.45) is 5.92 Å². The van der Waals surface area contributed by atoms with Crippen molar-refractivity contribution >= 4 is 57.8 Å². The molecule has 3 aliphatic rings. The van der Waals surface area contributed by atoms with E-state index in [1.807, 2.05) is 6.08 Å². The summed E-state index contributed by atoms with van der Waals surface area (Å²) in [6, 6.07) is 4.59. The van der Waals surface area contributed by atoms with Gasteiger partial charge in [-0.1, -0.05) is 33.8 Å². The first-order valence-electron chi connectivity index (χ1n) is 11.0. The maximum Gasteiger partial charge on any atom is 0.256 e. The van der Waals surface area contributed by atoms with Crippen molar-refractivity contribution in [1.82, 2.24) is 15.0 Å². The van der Waals surface area contributed by atoms with Crippen LogP contribution in [0, 0.1) is 11.7 Å². The number of alkyl halides is 1. The van der Waals surface area contributed by atoms with Crippen molar-refractivity contribution in [2.75, 3.05) is 19.6 Å². The van der Waals surface area contributed by atoms with E-state index < -0.39 is 0 Å². The lowest BCUT2D eigenvalue weighted by molar-refractivity contribution is -0.139. The van der Waals surface area contributed by atoms with E-state index in [9.17, 15) is 14.0 Å². The molecule has 0 spiro atoms. The lowest BCUT2D eigenvalue weighted by atomic mass is 9.90. The Bertz CT molecular complexity index is 1060. The largest absolute Gasteiger partial charge is 0.356 e. The van der Waals surface area contributed by atoms with Gasteiger partial charge in [-0.05, 0) is 57.2 Å². The van der Waals surface area contributed by atoms with Crippen LogP contribution in [0.15, 0.2) is 34.4 Å². The number of fused-ring (bicyclic) bond motifs is 2. The Hall–Kier alpha value is -1.52. The molecular formula is C23H26ClFIN3O3. The minimum atomic E-state index is -0.317. The maximum atomic E-state index is 13.4. The van der Waals surface area contributed by atoms with E-state index in [1.54, 1.807) is 6.07 Å². The lowest BCUT2D eigenvalue weighted by Gasteiger charge is -2.36. The quantitative estimate of drug-likeness (QED) is 0.222. The predicted molar refractivity (Wildman–Crippen MR) is 129 cm³/mol. The summed E-state index contributed by atoms with van der Waals surface area (Å²) in [4.78, 5) is 29.1. The number of allylic oxidation sites excluding steroid dienone is 1. The van der Waals surface area contributed by atoms with Crippen molar-refractivity contribution in [1.29, 1.82) is 0 Å². The topological polar surface area (TPSA) is 66.7 Å². The van der Waals surface area contributed by atoms with Crippen LogP contribution in [0.1, 0.15) is 50.1 Å². The number of nitrogens with zero attached hydrogens (tertiary/aromatic N) is 3. The number of imide groups is 1. The van der Waals surface area contributed by atoms with Gasteiger partial charge in [0, 0.05) is 36.0 Å². The second kappa shape index (κ2) is 9.77. The third kappa shape index (κ3) is 4.33. The molecule has 1 aromatic heterocycles. The van der Waals surface area contributed by atoms with Gasteiger partial charge in [0.1, 0.15) is 5.82 Å². The van der Waals surface area contributed by atoms with Gasteiger partial charge in [0.2, 0.25) is 5.91 Å². The maximum absolute atomic E-state index is 13.4. The first-order chi connectivity index (χ1) is 15.0. The number of carbonyl (C=O) groups is 2. The van der Waals surface area contributed by atoms with E-state index in [2.05, 4.69) is 32.6 Å². The molecule has 1 aromatic carbocycles. The monoisotopic (exact) mass is 573 g/mol. The van der Waals surface area contributed by atoms with Crippen LogP contribution >= 0.6 is 35.0 Å². The molecule has 2 saturated heterocycles. The van der Waals surface area contributed by atoms with Gasteiger partial charge in [-0.15, -0.1) is 12.4 Å². The standard InChI is InChI=1S/C23H25FIN3O3.ClH/c24-15-6-7-18-19(13-15)31-26-21(18)14-8-11-27(20(25)12-14)9-3-10-28-22(29)16-4-1-2-5-17(16)23(28)30;/h4,6-7,13-14,17,20H,1-3,5,8-12H2;1H. The Labute approximate surface area is 206 Å². The number of likely N-dealkylation sites (tertiary alicyclic amines) is 2. The average Bonchev–Trinajstić information content (AvgIpc) is 3.29. The minimum absolute atomic E-state index is 0. The molecule has 172 valence electrons. The van der Waals surface area contributed by atoms with Crippen molar-refractivity contribution < 1.29 is 18.5 Å². The van der Waals surface area contributed by atoms with Crippen molar-refractivity contribution in [2.45, 2.75) is 48.5 Å². The highest BCUT2D eigenvalue weighted by Crippen LogP contribution is 2.37. The molecule has 0 radical (unpaired) electrons. The van der Waals surface area contributed by atoms with Gasteiger partial charge in [0.15, 0.2) is 5.58 Å². The molecule has 1 aliphatic carbocycles. The van der Waals surface area contributed by atoms with E-state index in [4.69, 9.17) is 4.52 Å². The van der Waals surface area contributed by atoms with Gasteiger partial charge in [-0.2, -0.15) is 0 Å². The predicted octanol–water partition coefficient (Wildman–Crippen LogP) is 4.81. The third-order valence-electron chi connectivity index (χ3n) is 6.81. The molecule has 32 heavy (non-hydrogen) atoms. The minimum Gasteiger partial charge on any atom is -0.356 e. The Morgan fingerprint density at radius 1 is 1.22 bits per heavy atom. The van der Waals surface area contributed by atoms with Gasteiger partial charge in [-0.25, -0.2) is 4.39 Å². The highest BCUT2D eigenvalue weighted by Gasteiger charge is 2.43. The molecule has 2 aliphatic heterocycles. The summed E-state index contributed by atoms with van der Waals surface area (Å²) >= 11 is 2.46. The van der Waals surface area contributed by atoms with Crippen LogP contribution in [-0.2, 0) is 9.59 Å². The lowest BCUT2D eigenvalue weighted by Crippen LogP contribution is -2.40. The highest BCUT2D eigenvalue weighted by atomic mass is 127. The van der Waals surface area contributed by atoms with Gasteiger partial charge in [0.25, 0.3) is 5.91 Å². The molecule has 5 rings (SSSR count). The normalized spacial score (nSPS) is 26.2. The van der Waals surface area contributed by atoms with E-state index in [0.29, 0.717) is 16.2 Å². The van der Waals surface area contributed by atoms with Crippen molar-refractivity contribution in [3.63, 3.8) is 0 Å². The first kappa shape index (κ1) is 23.6. The van der Waals surface area contributed by atoms with Crippen LogP contribution in [0.3, 0.4) is 0 Å². The Balaban J connectivity index is 0.00000245. The number of rotatable bonds is 5. The second-order valence-electron chi connectivity index (χ2n) is 8.69. The fourth-order valence-electron chi connectivity index (χ4n) is 5.15. The van der Waals surface area contributed by atoms with Crippen molar-refractivity contribution in [3.8, 4) is 0 Å². The Morgan fingerprint density at radius 3 is 2.84 bits per heavy atom. The van der Waals surface area contributed by atoms with E-state index in [1.165, 1.54) is 17.0 Å². The summed E-state index contributed by atoms with van der Waals surface area (Å²) in [5.74, 6) is -0.312. The zero-order valence-corrected chi connectivity index (χ0v) is 20.6. The zero-order chi connectivity index (χ0) is 21.5. The molecule has 3 heterocycles. The molecule has 3 unspecified atom stereocenters. The molecular weight excluding hydrogens is 548 g/mol. The number of amides is 2. The summed E-state index contributed by atoms with van der Waals surface area (Å²) in [5.41, 5.74) is 2.14. The van der Waals surface area contributed by atoms with E-state index in [0.717, 1.165) is 68.3 Å². The molecule has 3 atom stereocenters. The number of hydrogen-bond donors (Lipinski definition) is 0. The Kier molecular flexibility index (Phi) is 7.21. The first-order valence-corrected chi connectivity index (χ1v) is 12.3. The summed E-state index contributed by atoms with van der Waals surface area (Å²) < 4.78 is 19.1. The van der Waals surface area contributed by atoms with E-state index in [-0.39, 0.29) is 41.9 Å². The van der Waals surface area contributed by atoms with Crippen LogP contribution in [0.2, 0.25) is 0 Å². The molecule has 9 heteroatoms. The molecule has 2 aromatic rings. The molecule has 2 amide bonds. The number of piperidine rings is 1. The fraction of sp³-hybridized carbons (Fsp3) is 0.522. The SMILES string of the molecule is Cl.O=C1C2=CCCCC2C(=O)N1CCCN1CCC(c2noc3cc(F)ccc23)CC1I. The fourth-order valence-corrected chi connectivity index (χ4v) is 6.32. The summed E-state index contributed by atoms with van der Waals surface area (Å²) in [5, 5.41) is 5.13. The summed E-state index contributed by atoms with van der Waals surface area (Å²) in [7, 11) is 0.